The maximum absolute atomic E-state index is 14.9. The maximum atomic E-state index is 14.9. The van der Waals surface area contributed by atoms with Crippen molar-refractivity contribution in [1.29, 1.82) is 0 Å². The molecule has 20 heteroatoms. The number of ether oxygens (including phenoxy) is 2. The summed E-state index contributed by atoms with van der Waals surface area (Å²) in [5.41, 5.74) is 3.74. The summed E-state index contributed by atoms with van der Waals surface area (Å²) < 4.78 is 72.7. The Morgan fingerprint density at radius 2 is 1.42 bits per heavy atom. The van der Waals surface area contributed by atoms with Crippen molar-refractivity contribution in [2.75, 3.05) is 26.8 Å². The lowest BCUT2D eigenvalue weighted by atomic mass is 10.0. The van der Waals surface area contributed by atoms with Crippen LogP contribution in [0.2, 0.25) is 0 Å². The van der Waals surface area contributed by atoms with Crippen molar-refractivity contribution in [3.8, 4) is 39.7 Å². The molecule has 0 radical (unpaired) electrons. The van der Waals surface area contributed by atoms with Crippen LogP contribution in [0.15, 0.2) is 55.0 Å². The predicted molar refractivity (Wildman–Crippen MR) is 215 cm³/mol. The molecule has 16 nitrogen and oxygen atoms in total. The molecule has 0 unspecified atom stereocenters. The third kappa shape index (κ3) is 7.71. The van der Waals surface area contributed by atoms with E-state index in [1.54, 1.807) is 45.9 Å². The Morgan fingerprint density at radius 1 is 0.839 bits per heavy atom. The molecule has 0 spiro atoms. The molecule has 3 aromatic heterocycles. The van der Waals surface area contributed by atoms with Gasteiger partial charge in [-0.2, -0.15) is 0 Å². The van der Waals surface area contributed by atoms with E-state index in [0.29, 0.717) is 39.7 Å². The average Bonchev–Trinajstić information content (AvgIpc) is 4.08. The van der Waals surface area contributed by atoms with Crippen LogP contribution >= 0.6 is 0 Å². The Hall–Kier alpha value is -6.44. The molecule has 6 heterocycles. The molecule has 3 aliphatic heterocycles. The number of alkyl carbamates (subject to hydrolysis) is 1. The number of aromatic nitrogens is 5. The van der Waals surface area contributed by atoms with E-state index in [-0.39, 0.29) is 11.6 Å². The number of halogens is 4. The Morgan fingerprint density at radius 3 is 2.00 bits per heavy atom. The Kier molecular flexibility index (Phi) is 10.8. The van der Waals surface area contributed by atoms with Crippen LogP contribution in [0.1, 0.15) is 64.3 Å². The van der Waals surface area contributed by atoms with E-state index in [1.165, 1.54) is 12.4 Å². The van der Waals surface area contributed by atoms with Gasteiger partial charge in [0.25, 0.3) is 11.8 Å². The van der Waals surface area contributed by atoms with Gasteiger partial charge in [-0.15, -0.1) is 0 Å². The highest BCUT2D eigenvalue weighted by Crippen LogP contribution is 2.47. The van der Waals surface area contributed by atoms with Gasteiger partial charge >= 0.3 is 6.09 Å². The molecule has 2 saturated heterocycles. The smallest absolute Gasteiger partial charge is 0.407 e. The van der Waals surface area contributed by atoms with Gasteiger partial charge in [-0.3, -0.25) is 14.4 Å². The van der Waals surface area contributed by atoms with Crippen LogP contribution in [0.25, 0.3) is 39.1 Å². The van der Waals surface area contributed by atoms with Crippen LogP contribution < -0.4 is 15.4 Å². The lowest BCUT2D eigenvalue weighted by molar-refractivity contribution is -0.140. The highest BCUT2D eigenvalue weighted by atomic mass is 19.3. The lowest BCUT2D eigenvalue weighted by Crippen LogP contribution is -2.52. The van der Waals surface area contributed by atoms with Gasteiger partial charge in [0.05, 0.1) is 67.3 Å². The van der Waals surface area contributed by atoms with Gasteiger partial charge in [-0.1, -0.05) is 33.8 Å². The Balaban J connectivity index is 1.04. The number of methoxy groups -OCH3 is 1. The molecule has 2 aromatic carbocycles. The number of fused-ring (bicyclic) bond motifs is 2. The number of amides is 4. The summed E-state index contributed by atoms with van der Waals surface area (Å²) >= 11 is 0. The second-order valence-corrected chi connectivity index (χ2v) is 16.6. The number of nitrogens with zero attached hydrogens (tertiary/aromatic N) is 5. The average molecular weight is 864 g/mol. The molecular formula is C42H45F4N9O7. The zero-order chi connectivity index (χ0) is 44.4. The van der Waals surface area contributed by atoms with Gasteiger partial charge in [0, 0.05) is 35.6 Å². The first kappa shape index (κ1) is 42.3. The quantitative estimate of drug-likeness (QED) is 0.0993. The van der Waals surface area contributed by atoms with Crippen molar-refractivity contribution in [2.45, 2.75) is 76.5 Å². The minimum Gasteiger partial charge on any atom is -0.453 e. The molecule has 62 heavy (non-hydrogen) atoms. The van der Waals surface area contributed by atoms with Gasteiger partial charge in [0.2, 0.25) is 17.7 Å². The molecule has 8 rings (SSSR count). The van der Waals surface area contributed by atoms with Crippen molar-refractivity contribution in [1.82, 2.24) is 44.9 Å². The number of hydrogen-bond acceptors (Lipinski definition) is 9. The summed E-state index contributed by atoms with van der Waals surface area (Å²) in [6, 6.07) is 6.44. The molecule has 3 aliphatic rings. The van der Waals surface area contributed by atoms with Crippen LogP contribution in [0.4, 0.5) is 22.4 Å². The van der Waals surface area contributed by atoms with Crippen LogP contribution in [0, 0.1) is 11.8 Å². The number of likely N-dealkylation sites (tertiary alicyclic amines) is 2. The number of benzene rings is 2. The molecule has 2 fully saturated rings. The highest BCUT2D eigenvalue weighted by molar-refractivity contribution is 6.00. The molecule has 0 bridgehead atoms. The number of H-pyrrole nitrogens is 2. The van der Waals surface area contributed by atoms with E-state index in [0.717, 1.165) is 27.8 Å². The number of rotatable bonds is 11. The number of hydrogen-bond donors (Lipinski definition) is 5. The van der Waals surface area contributed by atoms with E-state index >= 15 is 0 Å². The molecule has 5 aromatic rings. The van der Waals surface area contributed by atoms with Crippen molar-refractivity contribution >= 4 is 34.7 Å². The fourth-order valence-corrected chi connectivity index (χ4v) is 8.50. The Labute approximate surface area is 352 Å². The fourth-order valence-electron chi connectivity index (χ4n) is 8.50. The van der Waals surface area contributed by atoms with Crippen molar-refractivity contribution < 1.29 is 51.3 Å². The predicted octanol–water partition coefficient (Wildman–Crippen LogP) is 5.85. The van der Waals surface area contributed by atoms with E-state index in [9.17, 15) is 41.8 Å². The number of alkyl halides is 4. The van der Waals surface area contributed by atoms with Gasteiger partial charge < -0.3 is 49.5 Å². The second kappa shape index (κ2) is 15.8. The van der Waals surface area contributed by atoms with Gasteiger partial charge in [0.15, 0.2) is 11.5 Å². The van der Waals surface area contributed by atoms with Crippen molar-refractivity contribution in [2.24, 2.45) is 11.8 Å². The first-order valence-corrected chi connectivity index (χ1v) is 20.1. The molecular weight excluding hydrogens is 819 g/mol. The largest absolute Gasteiger partial charge is 0.453 e. The van der Waals surface area contributed by atoms with Crippen molar-refractivity contribution in [3.05, 3.63) is 66.6 Å². The van der Waals surface area contributed by atoms with E-state index in [1.807, 2.05) is 29.0 Å². The number of nitrogens with one attached hydrogen (secondary N) is 4. The van der Waals surface area contributed by atoms with E-state index in [4.69, 9.17) is 4.74 Å². The third-order valence-electron chi connectivity index (χ3n) is 11.6. The lowest BCUT2D eigenvalue weighted by Gasteiger charge is -2.29. The minimum absolute atomic E-state index is 0.151. The topological polar surface area (TPSA) is 200 Å². The summed E-state index contributed by atoms with van der Waals surface area (Å²) in [6.45, 7) is 4.17. The number of aliphatic hydroxyl groups excluding tert-OH is 1. The summed E-state index contributed by atoms with van der Waals surface area (Å²) in [5.74, 6) is -8.13. The standard InChI is InChI=1S/C42H45F4N9O7/c1-20(2)33(51-32(57)17-56)38(58)54-18-42(45,46)14-29(54)37-48-16-26(50-37)23-7-9-30-35-24(23)10-11-53(35)27-8-6-22(12-31(27)62-30)25-15-47-36(49-25)28-13-41(43,44)19-55(28)39(59)34(21(3)4)52-40(60)61-5/h6-12,15-16,20-21,28-29,33-34,56H,13-14,17-19H2,1-5H3,(H,47,49)(H,48,50)(H,51,57)(H,52,60)/t28-,29-,33-,34-/m0/s1. The zero-order valence-electron chi connectivity index (χ0n) is 34.3. The molecule has 5 N–H and O–H groups in total. The Bertz CT molecular complexity index is 2570. The first-order valence-electron chi connectivity index (χ1n) is 20.1. The number of carbonyl (C=O) groups is 4. The van der Waals surface area contributed by atoms with E-state index < -0.39 is 104 Å². The minimum atomic E-state index is -3.21. The molecule has 328 valence electrons. The molecule has 0 saturated carbocycles. The molecule has 4 atom stereocenters. The summed E-state index contributed by atoms with van der Waals surface area (Å²) in [7, 11) is 1.15. The van der Waals surface area contributed by atoms with Crippen LogP contribution in [-0.2, 0) is 19.1 Å². The van der Waals surface area contributed by atoms with Gasteiger partial charge in [0.1, 0.15) is 30.3 Å². The van der Waals surface area contributed by atoms with Gasteiger partial charge in [-0.05, 0) is 42.2 Å². The van der Waals surface area contributed by atoms with Crippen LogP contribution in [0.3, 0.4) is 0 Å². The maximum Gasteiger partial charge on any atom is 0.407 e. The normalized spacial score (nSPS) is 19.7. The van der Waals surface area contributed by atoms with E-state index in [2.05, 4.69) is 35.3 Å². The number of carbonyl (C=O) groups excluding carboxylic acids is 4. The second-order valence-electron chi connectivity index (χ2n) is 16.6. The van der Waals surface area contributed by atoms with Crippen LogP contribution in [-0.4, -0.2) is 114 Å². The monoisotopic (exact) mass is 863 g/mol. The van der Waals surface area contributed by atoms with Gasteiger partial charge in [-0.25, -0.2) is 32.3 Å². The van der Waals surface area contributed by atoms with Crippen LogP contribution in [0.5, 0.6) is 11.5 Å². The van der Waals surface area contributed by atoms with Crippen molar-refractivity contribution in [3.63, 3.8) is 0 Å². The molecule has 0 aliphatic carbocycles. The number of aromatic amines is 2. The number of imidazole rings is 2. The number of aliphatic hydroxyl groups is 1. The zero-order valence-corrected chi connectivity index (χ0v) is 34.3. The summed E-state index contributed by atoms with van der Waals surface area (Å²) in [5, 5.41) is 14.9. The first-order chi connectivity index (χ1) is 29.4. The summed E-state index contributed by atoms with van der Waals surface area (Å²) in [4.78, 5) is 68.4. The SMILES string of the molecule is COC(=O)N[C@H](C(=O)N1CC(F)(F)C[C@H]1c1ncc(-c2ccc3c(c2)Oc2ccc(-c4cnc([C@@H]5CC(F)(F)CN5C(=O)[C@@H](NC(=O)CO)C(C)C)[nH]4)c4ccn-3c24)[nH]1)C(C)C. The fraction of sp³-hybridized carbons (Fsp3) is 0.429. The highest BCUT2D eigenvalue weighted by Gasteiger charge is 2.51. The summed E-state index contributed by atoms with van der Waals surface area (Å²) in [6.07, 6.45) is 2.69. The third-order valence-corrected chi connectivity index (χ3v) is 11.6. The molecule has 4 amide bonds.